The van der Waals surface area contributed by atoms with Crippen molar-refractivity contribution in [3.63, 3.8) is 0 Å². The summed E-state index contributed by atoms with van der Waals surface area (Å²) in [5, 5.41) is 13.8. The lowest BCUT2D eigenvalue weighted by Gasteiger charge is -2.13. The molecule has 1 atom stereocenters. The standard InChI is InChI=1S/C19H20N2O5/c1-3-25-17-9-13-8-12(2)26-18(13)10-14(17)11-20-19(22)15-6-4-5-7-16(15)21(23)24/h4-7,9-10,12H,3,8,11H2,1-2H3,(H,20,22). The van der Waals surface area contributed by atoms with Crippen LogP contribution in [0.25, 0.3) is 0 Å². The molecule has 0 radical (unpaired) electrons. The number of carbonyl (C=O) groups is 1. The number of nitrogens with one attached hydrogen (secondary N) is 1. The largest absolute Gasteiger partial charge is 0.494 e. The van der Waals surface area contributed by atoms with Crippen molar-refractivity contribution >= 4 is 11.6 Å². The van der Waals surface area contributed by atoms with Crippen molar-refractivity contribution in [1.29, 1.82) is 0 Å². The number of carbonyl (C=O) groups excluding carboxylic acids is 1. The number of hydrogen-bond acceptors (Lipinski definition) is 5. The highest BCUT2D eigenvalue weighted by molar-refractivity contribution is 5.98. The molecular weight excluding hydrogens is 336 g/mol. The molecule has 0 fully saturated rings. The summed E-state index contributed by atoms with van der Waals surface area (Å²) in [6.07, 6.45) is 0.925. The monoisotopic (exact) mass is 356 g/mol. The molecule has 0 bridgehead atoms. The zero-order chi connectivity index (χ0) is 18.7. The van der Waals surface area contributed by atoms with Gasteiger partial charge in [-0.25, -0.2) is 0 Å². The highest BCUT2D eigenvalue weighted by Gasteiger charge is 2.23. The van der Waals surface area contributed by atoms with Gasteiger partial charge in [0, 0.05) is 30.2 Å². The Morgan fingerprint density at radius 1 is 1.38 bits per heavy atom. The van der Waals surface area contributed by atoms with Crippen molar-refractivity contribution in [3.05, 3.63) is 63.2 Å². The summed E-state index contributed by atoms with van der Waals surface area (Å²) >= 11 is 0. The van der Waals surface area contributed by atoms with Gasteiger partial charge in [-0.3, -0.25) is 14.9 Å². The Balaban J connectivity index is 1.80. The first-order valence-corrected chi connectivity index (χ1v) is 8.46. The highest BCUT2D eigenvalue weighted by atomic mass is 16.6. The number of fused-ring (bicyclic) bond motifs is 1. The van der Waals surface area contributed by atoms with Crippen LogP contribution < -0.4 is 14.8 Å². The van der Waals surface area contributed by atoms with Gasteiger partial charge in [0.15, 0.2) is 0 Å². The second-order valence-electron chi connectivity index (χ2n) is 6.09. The molecule has 136 valence electrons. The molecule has 0 saturated carbocycles. The van der Waals surface area contributed by atoms with Crippen molar-refractivity contribution < 1.29 is 19.2 Å². The molecule has 2 aromatic rings. The average Bonchev–Trinajstić information content (AvgIpc) is 2.98. The molecule has 1 heterocycles. The number of nitrogens with zero attached hydrogens (tertiary/aromatic N) is 1. The number of rotatable bonds is 6. The van der Waals surface area contributed by atoms with Crippen molar-refractivity contribution in [2.24, 2.45) is 0 Å². The number of hydrogen-bond donors (Lipinski definition) is 1. The Morgan fingerprint density at radius 3 is 2.88 bits per heavy atom. The van der Waals surface area contributed by atoms with Crippen molar-refractivity contribution in [3.8, 4) is 11.5 Å². The molecule has 0 aliphatic carbocycles. The quantitative estimate of drug-likeness (QED) is 0.634. The maximum absolute atomic E-state index is 12.4. The van der Waals surface area contributed by atoms with Crippen LogP contribution >= 0.6 is 0 Å². The summed E-state index contributed by atoms with van der Waals surface area (Å²) in [6.45, 7) is 4.57. The van der Waals surface area contributed by atoms with Crippen LogP contribution in [0.15, 0.2) is 36.4 Å². The lowest BCUT2D eigenvalue weighted by molar-refractivity contribution is -0.385. The van der Waals surface area contributed by atoms with E-state index in [0.29, 0.717) is 12.4 Å². The fourth-order valence-corrected chi connectivity index (χ4v) is 3.01. The molecular formula is C19H20N2O5. The Morgan fingerprint density at radius 2 is 2.15 bits per heavy atom. The summed E-state index contributed by atoms with van der Waals surface area (Å²) < 4.78 is 11.4. The van der Waals surface area contributed by atoms with Crippen LogP contribution in [-0.4, -0.2) is 23.5 Å². The van der Waals surface area contributed by atoms with E-state index in [1.54, 1.807) is 6.07 Å². The molecule has 7 heteroatoms. The lowest BCUT2D eigenvalue weighted by atomic mass is 10.1. The number of para-hydroxylation sites is 1. The van der Waals surface area contributed by atoms with Crippen LogP contribution in [-0.2, 0) is 13.0 Å². The number of nitro benzene ring substituents is 1. The zero-order valence-electron chi connectivity index (χ0n) is 14.7. The van der Waals surface area contributed by atoms with E-state index in [9.17, 15) is 14.9 Å². The molecule has 1 amide bonds. The summed E-state index contributed by atoms with van der Waals surface area (Å²) in [7, 11) is 0. The fraction of sp³-hybridized carbons (Fsp3) is 0.316. The first-order chi connectivity index (χ1) is 12.5. The normalized spacial score (nSPS) is 15.1. The first kappa shape index (κ1) is 17.7. The number of ether oxygens (including phenoxy) is 2. The van der Waals surface area contributed by atoms with E-state index in [2.05, 4.69) is 5.32 Å². The van der Waals surface area contributed by atoms with E-state index in [1.165, 1.54) is 18.2 Å². The van der Waals surface area contributed by atoms with Gasteiger partial charge in [0.2, 0.25) is 0 Å². The highest BCUT2D eigenvalue weighted by Crippen LogP contribution is 2.35. The number of benzene rings is 2. The Hall–Kier alpha value is -3.09. The predicted molar refractivity (Wildman–Crippen MR) is 95.7 cm³/mol. The Labute approximate surface area is 151 Å². The van der Waals surface area contributed by atoms with Crippen LogP contribution in [0.1, 0.15) is 35.3 Å². The Kier molecular flexibility index (Phi) is 5.06. The van der Waals surface area contributed by atoms with Gasteiger partial charge in [0.1, 0.15) is 23.2 Å². The summed E-state index contributed by atoms with van der Waals surface area (Å²) in [5.41, 5.74) is 1.66. The molecule has 2 aromatic carbocycles. The minimum Gasteiger partial charge on any atom is -0.494 e. The van der Waals surface area contributed by atoms with E-state index in [0.717, 1.165) is 23.3 Å². The fourth-order valence-electron chi connectivity index (χ4n) is 3.01. The van der Waals surface area contributed by atoms with Crippen molar-refractivity contribution in [1.82, 2.24) is 5.32 Å². The van der Waals surface area contributed by atoms with Crippen molar-refractivity contribution in [2.75, 3.05) is 6.61 Å². The van der Waals surface area contributed by atoms with Gasteiger partial charge in [0.25, 0.3) is 11.6 Å². The molecule has 1 aliphatic heterocycles. The van der Waals surface area contributed by atoms with Gasteiger partial charge in [-0.2, -0.15) is 0 Å². The van der Waals surface area contributed by atoms with Crippen LogP contribution in [0.5, 0.6) is 11.5 Å². The van der Waals surface area contributed by atoms with E-state index >= 15 is 0 Å². The first-order valence-electron chi connectivity index (χ1n) is 8.46. The van der Waals surface area contributed by atoms with Crippen LogP contribution in [0.4, 0.5) is 5.69 Å². The number of nitro groups is 1. The van der Waals surface area contributed by atoms with Gasteiger partial charge in [-0.05, 0) is 32.0 Å². The molecule has 0 spiro atoms. The molecule has 1 aliphatic rings. The van der Waals surface area contributed by atoms with Crippen molar-refractivity contribution in [2.45, 2.75) is 32.9 Å². The number of amides is 1. The van der Waals surface area contributed by atoms with Crippen LogP contribution in [0.2, 0.25) is 0 Å². The minimum atomic E-state index is -0.564. The summed E-state index contributed by atoms with van der Waals surface area (Å²) in [5.74, 6) is 0.970. The second kappa shape index (κ2) is 7.43. The molecule has 7 nitrogen and oxygen atoms in total. The maximum atomic E-state index is 12.4. The van der Waals surface area contributed by atoms with E-state index < -0.39 is 10.8 Å². The molecule has 26 heavy (non-hydrogen) atoms. The summed E-state index contributed by atoms with van der Waals surface area (Å²) in [6, 6.07) is 9.67. The van der Waals surface area contributed by atoms with Gasteiger partial charge in [-0.1, -0.05) is 12.1 Å². The van der Waals surface area contributed by atoms with E-state index in [1.807, 2.05) is 26.0 Å². The predicted octanol–water partition coefficient (Wildman–Crippen LogP) is 3.25. The van der Waals surface area contributed by atoms with Crippen LogP contribution in [0.3, 0.4) is 0 Å². The van der Waals surface area contributed by atoms with Gasteiger partial charge in [-0.15, -0.1) is 0 Å². The molecule has 3 rings (SSSR count). The third-order valence-electron chi connectivity index (χ3n) is 4.16. The maximum Gasteiger partial charge on any atom is 0.282 e. The third kappa shape index (κ3) is 3.61. The van der Waals surface area contributed by atoms with Crippen LogP contribution in [0, 0.1) is 10.1 Å². The second-order valence-corrected chi connectivity index (χ2v) is 6.09. The lowest BCUT2D eigenvalue weighted by Crippen LogP contribution is -2.24. The van der Waals surface area contributed by atoms with E-state index in [-0.39, 0.29) is 23.9 Å². The van der Waals surface area contributed by atoms with Gasteiger partial charge in [0.05, 0.1) is 11.5 Å². The van der Waals surface area contributed by atoms with Gasteiger partial charge < -0.3 is 14.8 Å². The molecule has 1 unspecified atom stereocenters. The SMILES string of the molecule is CCOc1cc2c(cc1CNC(=O)c1ccccc1[N+](=O)[O-])OC(C)C2. The Bertz CT molecular complexity index is 850. The average molecular weight is 356 g/mol. The topological polar surface area (TPSA) is 90.7 Å². The van der Waals surface area contributed by atoms with Gasteiger partial charge >= 0.3 is 0 Å². The smallest absolute Gasteiger partial charge is 0.282 e. The summed E-state index contributed by atoms with van der Waals surface area (Å²) in [4.78, 5) is 22.9. The molecule has 0 aromatic heterocycles. The third-order valence-corrected chi connectivity index (χ3v) is 4.16. The zero-order valence-corrected chi connectivity index (χ0v) is 14.7. The molecule has 1 N–H and O–H groups in total. The van der Waals surface area contributed by atoms with E-state index in [4.69, 9.17) is 9.47 Å². The molecule has 0 saturated heterocycles. The minimum absolute atomic E-state index is 0.0292.